The molecule has 7 nitrogen and oxygen atoms in total. The van der Waals surface area contributed by atoms with Crippen LogP contribution in [0.15, 0.2) is 12.3 Å². The van der Waals surface area contributed by atoms with Gasteiger partial charge in [0.1, 0.15) is 11.3 Å². The molecule has 1 amide bonds. The molecule has 1 aliphatic rings. The van der Waals surface area contributed by atoms with Crippen molar-refractivity contribution in [2.75, 3.05) is 13.7 Å². The van der Waals surface area contributed by atoms with E-state index in [9.17, 15) is 9.59 Å². The Balaban J connectivity index is 2.07. The quantitative estimate of drug-likeness (QED) is 0.799. The summed E-state index contributed by atoms with van der Waals surface area (Å²) in [6, 6.07) is 1.58. The third-order valence-electron chi connectivity index (χ3n) is 3.50. The molecule has 0 bridgehead atoms. The Labute approximate surface area is 130 Å². The van der Waals surface area contributed by atoms with E-state index in [1.807, 2.05) is 20.8 Å². The molecule has 122 valence electrons. The van der Waals surface area contributed by atoms with E-state index in [-0.39, 0.29) is 12.1 Å². The fraction of sp³-hybridized carbons (Fsp3) is 0.667. The predicted octanol–water partition coefficient (Wildman–Crippen LogP) is 2.07. The maximum Gasteiger partial charge on any atom is 0.410 e. The van der Waals surface area contributed by atoms with E-state index in [0.29, 0.717) is 18.8 Å². The summed E-state index contributed by atoms with van der Waals surface area (Å²) in [6.45, 7) is 6.65. The van der Waals surface area contributed by atoms with Crippen LogP contribution in [0.4, 0.5) is 4.79 Å². The van der Waals surface area contributed by atoms with Crippen molar-refractivity contribution in [2.24, 2.45) is 0 Å². The number of carbonyl (C=O) groups excluding carboxylic acids is 2. The second-order valence-corrected chi connectivity index (χ2v) is 6.36. The monoisotopic (exact) mass is 309 g/mol. The SMILES string of the molecule is COC(=O)c1ccnn1CC1CCCN1C(=O)OC(C)(C)C. The molecule has 0 aromatic carbocycles. The lowest BCUT2D eigenvalue weighted by Gasteiger charge is -2.28. The third-order valence-corrected chi connectivity index (χ3v) is 3.50. The molecule has 0 radical (unpaired) electrons. The number of ether oxygens (including phenoxy) is 2. The van der Waals surface area contributed by atoms with Crippen LogP contribution in [0.5, 0.6) is 0 Å². The molecule has 0 N–H and O–H groups in total. The molecular formula is C15H23N3O4. The molecule has 1 saturated heterocycles. The van der Waals surface area contributed by atoms with Crippen molar-refractivity contribution in [3.63, 3.8) is 0 Å². The Morgan fingerprint density at radius 2 is 2.14 bits per heavy atom. The van der Waals surface area contributed by atoms with E-state index in [4.69, 9.17) is 9.47 Å². The average molecular weight is 309 g/mol. The Bertz CT molecular complexity index is 547. The molecule has 7 heteroatoms. The highest BCUT2D eigenvalue weighted by Gasteiger charge is 2.33. The van der Waals surface area contributed by atoms with Gasteiger partial charge < -0.3 is 14.4 Å². The van der Waals surface area contributed by atoms with Gasteiger partial charge >= 0.3 is 12.1 Å². The fourth-order valence-corrected chi connectivity index (χ4v) is 2.54. The van der Waals surface area contributed by atoms with Gasteiger partial charge in [0.25, 0.3) is 0 Å². The zero-order valence-corrected chi connectivity index (χ0v) is 13.5. The zero-order chi connectivity index (χ0) is 16.3. The van der Waals surface area contributed by atoms with Crippen LogP contribution < -0.4 is 0 Å². The number of methoxy groups -OCH3 is 1. The molecule has 1 fully saturated rings. The van der Waals surface area contributed by atoms with Gasteiger partial charge in [-0.3, -0.25) is 4.68 Å². The largest absolute Gasteiger partial charge is 0.464 e. The highest BCUT2D eigenvalue weighted by Crippen LogP contribution is 2.22. The van der Waals surface area contributed by atoms with Gasteiger partial charge in [0.15, 0.2) is 0 Å². The van der Waals surface area contributed by atoms with Crippen LogP contribution >= 0.6 is 0 Å². The first-order valence-corrected chi connectivity index (χ1v) is 7.41. The molecular weight excluding hydrogens is 286 g/mol. The van der Waals surface area contributed by atoms with Crippen LogP contribution in [0, 0.1) is 0 Å². The summed E-state index contributed by atoms with van der Waals surface area (Å²) in [5.74, 6) is -0.431. The molecule has 0 aliphatic carbocycles. The van der Waals surface area contributed by atoms with Crippen LogP contribution in [0.3, 0.4) is 0 Å². The van der Waals surface area contributed by atoms with Gasteiger partial charge in [-0.1, -0.05) is 0 Å². The van der Waals surface area contributed by atoms with E-state index in [1.165, 1.54) is 7.11 Å². The van der Waals surface area contributed by atoms with Gasteiger partial charge in [0.2, 0.25) is 0 Å². The number of likely N-dealkylation sites (tertiary alicyclic amines) is 1. The highest BCUT2D eigenvalue weighted by molar-refractivity contribution is 5.87. The number of hydrogen-bond donors (Lipinski definition) is 0. The molecule has 1 aromatic rings. The van der Waals surface area contributed by atoms with Crippen molar-refractivity contribution in [3.8, 4) is 0 Å². The van der Waals surface area contributed by atoms with Gasteiger partial charge in [0.05, 0.1) is 19.7 Å². The predicted molar refractivity (Wildman–Crippen MR) is 79.5 cm³/mol. The van der Waals surface area contributed by atoms with E-state index in [1.54, 1.807) is 21.8 Å². The molecule has 1 atom stereocenters. The Hall–Kier alpha value is -2.05. The van der Waals surface area contributed by atoms with Crippen molar-refractivity contribution >= 4 is 12.1 Å². The molecule has 0 saturated carbocycles. The molecule has 1 aliphatic heterocycles. The molecule has 2 rings (SSSR count). The van der Waals surface area contributed by atoms with Crippen molar-refractivity contribution in [3.05, 3.63) is 18.0 Å². The second kappa shape index (κ2) is 6.37. The fourth-order valence-electron chi connectivity index (χ4n) is 2.54. The number of esters is 1. The minimum Gasteiger partial charge on any atom is -0.464 e. The summed E-state index contributed by atoms with van der Waals surface area (Å²) in [4.78, 5) is 25.7. The highest BCUT2D eigenvalue weighted by atomic mass is 16.6. The lowest BCUT2D eigenvalue weighted by molar-refractivity contribution is 0.0211. The summed E-state index contributed by atoms with van der Waals surface area (Å²) in [6.07, 6.45) is 3.01. The van der Waals surface area contributed by atoms with E-state index < -0.39 is 11.6 Å². The molecule has 1 aromatic heterocycles. The van der Waals surface area contributed by atoms with Crippen molar-refractivity contribution < 1.29 is 19.1 Å². The standard InChI is InChI=1S/C15H23N3O4/c1-15(2,3)22-14(20)17-9-5-6-11(17)10-18-12(7-8-16-18)13(19)21-4/h7-8,11H,5-6,9-10H2,1-4H3. The van der Waals surface area contributed by atoms with Gasteiger partial charge in [-0.15, -0.1) is 0 Å². The van der Waals surface area contributed by atoms with Crippen LogP contribution in [-0.4, -0.2) is 52.0 Å². The summed E-state index contributed by atoms with van der Waals surface area (Å²) in [7, 11) is 1.34. The Kier molecular flexibility index (Phi) is 4.73. The number of rotatable bonds is 3. The molecule has 22 heavy (non-hydrogen) atoms. The first kappa shape index (κ1) is 16.3. The number of nitrogens with zero attached hydrogens (tertiary/aromatic N) is 3. The van der Waals surface area contributed by atoms with Crippen molar-refractivity contribution in [2.45, 2.75) is 51.8 Å². The van der Waals surface area contributed by atoms with Crippen LogP contribution in [0.2, 0.25) is 0 Å². The first-order valence-electron chi connectivity index (χ1n) is 7.41. The number of carbonyl (C=O) groups is 2. The summed E-state index contributed by atoms with van der Waals surface area (Å²) in [5, 5.41) is 4.15. The zero-order valence-electron chi connectivity index (χ0n) is 13.5. The van der Waals surface area contributed by atoms with Crippen LogP contribution in [0.1, 0.15) is 44.1 Å². The van der Waals surface area contributed by atoms with E-state index in [2.05, 4.69) is 5.10 Å². The third kappa shape index (κ3) is 3.78. The van der Waals surface area contributed by atoms with Gasteiger partial charge in [-0.05, 0) is 39.7 Å². The molecule has 0 spiro atoms. The Morgan fingerprint density at radius 1 is 1.41 bits per heavy atom. The Morgan fingerprint density at radius 3 is 2.77 bits per heavy atom. The summed E-state index contributed by atoms with van der Waals surface area (Å²) >= 11 is 0. The lowest BCUT2D eigenvalue weighted by atomic mass is 10.2. The number of hydrogen-bond acceptors (Lipinski definition) is 5. The average Bonchev–Trinajstić information content (AvgIpc) is 3.05. The minimum atomic E-state index is -0.521. The van der Waals surface area contributed by atoms with Gasteiger partial charge in [-0.2, -0.15) is 5.10 Å². The number of amides is 1. The maximum absolute atomic E-state index is 12.3. The van der Waals surface area contributed by atoms with E-state index in [0.717, 1.165) is 12.8 Å². The van der Waals surface area contributed by atoms with Crippen molar-refractivity contribution in [1.29, 1.82) is 0 Å². The number of aromatic nitrogens is 2. The topological polar surface area (TPSA) is 73.7 Å². The smallest absolute Gasteiger partial charge is 0.410 e. The van der Waals surface area contributed by atoms with Crippen LogP contribution in [-0.2, 0) is 16.0 Å². The lowest BCUT2D eigenvalue weighted by Crippen LogP contribution is -2.42. The van der Waals surface area contributed by atoms with Gasteiger partial charge in [0, 0.05) is 12.7 Å². The van der Waals surface area contributed by atoms with Crippen LogP contribution in [0.25, 0.3) is 0 Å². The minimum absolute atomic E-state index is 0.0295. The second-order valence-electron chi connectivity index (χ2n) is 6.36. The van der Waals surface area contributed by atoms with Gasteiger partial charge in [-0.25, -0.2) is 9.59 Å². The normalized spacial score (nSPS) is 18.4. The molecule has 2 heterocycles. The summed E-state index contributed by atoms with van der Waals surface area (Å²) in [5.41, 5.74) is -0.133. The first-order chi connectivity index (χ1) is 10.3. The summed E-state index contributed by atoms with van der Waals surface area (Å²) < 4.78 is 11.8. The maximum atomic E-state index is 12.3. The van der Waals surface area contributed by atoms with E-state index >= 15 is 0 Å². The van der Waals surface area contributed by atoms with Crippen molar-refractivity contribution in [1.82, 2.24) is 14.7 Å². The molecule has 1 unspecified atom stereocenters.